The lowest BCUT2D eigenvalue weighted by atomic mass is 10.0. The van der Waals surface area contributed by atoms with Crippen molar-refractivity contribution < 1.29 is 0 Å². The Morgan fingerprint density at radius 3 is 2.48 bits per heavy atom. The van der Waals surface area contributed by atoms with Crippen LogP contribution >= 0.6 is 0 Å². The van der Waals surface area contributed by atoms with Crippen LogP contribution in [0.25, 0.3) is 11.3 Å². The van der Waals surface area contributed by atoms with E-state index in [1.54, 1.807) is 18.5 Å². The van der Waals surface area contributed by atoms with Gasteiger partial charge in [-0.1, -0.05) is 32.1 Å². The van der Waals surface area contributed by atoms with E-state index < -0.39 is 0 Å². The molecule has 2 heterocycles. The highest BCUT2D eigenvalue weighted by Gasteiger charge is 2.12. The molecule has 0 N–H and O–H groups in total. The van der Waals surface area contributed by atoms with Gasteiger partial charge in [-0.15, -0.1) is 11.7 Å². The molecule has 6 heteroatoms. The molecule has 0 saturated heterocycles. The summed E-state index contributed by atoms with van der Waals surface area (Å²) in [7, 11) is 0. The van der Waals surface area contributed by atoms with Crippen molar-refractivity contribution in [1.29, 1.82) is 0 Å². The fourth-order valence-corrected chi connectivity index (χ4v) is 2.47. The first-order valence-electron chi connectivity index (χ1n) is 7.45. The minimum absolute atomic E-state index is 0.104. The lowest BCUT2D eigenvalue weighted by molar-refractivity contribution is 0.673. The summed E-state index contributed by atoms with van der Waals surface area (Å²) in [5.74, 6) is 0.427. The molecule has 3 rings (SSSR count). The molecule has 0 aliphatic carbocycles. The number of hydrogen-bond donors (Lipinski definition) is 0. The van der Waals surface area contributed by atoms with Crippen LogP contribution in [0, 0.1) is 0 Å². The normalized spacial score (nSPS) is 11.3. The van der Waals surface area contributed by atoms with Crippen LogP contribution in [0.15, 0.2) is 58.9 Å². The van der Waals surface area contributed by atoms with Crippen molar-refractivity contribution in [1.82, 2.24) is 18.7 Å². The number of nitrogens with zero attached hydrogens (tertiary/aromatic N) is 4. The molecule has 0 fully saturated rings. The van der Waals surface area contributed by atoms with Crippen LogP contribution in [0.1, 0.15) is 25.3 Å². The molecule has 2 aromatic heterocycles. The summed E-state index contributed by atoms with van der Waals surface area (Å²) in [6, 6.07) is 7.79. The molecule has 0 saturated carbocycles. The third kappa shape index (κ3) is 2.52. The van der Waals surface area contributed by atoms with E-state index in [1.165, 1.54) is 19.2 Å². The molecule has 23 heavy (non-hydrogen) atoms. The molecule has 118 valence electrons. The lowest BCUT2D eigenvalue weighted by Gasteiger charge is -2.08. The fourth-order valence-electron chi connectivity index (χ4n) is 2.47. The molecule has 0 aliphatic rings. The van der Waals surface area contributed by atoms with Crippen molar-refractivity contribution in [3.63, 3.8) is 0 Å². The van der Waals surface area contributed by atoms with Gasteiger partial charge in [0.05, 0.1) is 6.54 Å². The summed E-state index contributed by atoms with van der Waals surface area (Å²) in [6.07, 6.45) is 4.71. The number of benzene rings is 1. The number of allylic oxidation sites excluding steroid dienone is 1. The molecule has 0 aliphatic heterocycles. The van der Waals surface area contributed by atoms with E-state index in [-0.39, 0.29) is 23.4 Å². The molecule has 0 spiro atoms. The Morgan fingerprint density at radius 1 is 1.17 bits per heavy atom. The number of fused-ring (bicyclic) bond motifs is 1. The van der Waals surface area contributed by atoms with Crippen LogP contribution in [0.3, 0.4) is 0 Å². The lowest BCUT2D eigenvalue weighted by Crippen LogP contribution is -2.23. The summed E-state index contributed by atoms with van der Waals surface area (Å²) in [5.41, 5.74) is 1.37. The van der Waals surface area contributed by atoms with E-state index in [0.717, 1.165) is 5.69 Å². The topological polar surface area (TPSA) is 61.3 Å². The molecule has 0 bridgehead atoms. The average Bonchev–Trinajstić information content (AvgIpc) is 2.86. The summed E-state index contributed by atoms with van der Waals surface area (Å²) in [6.45, 7) is 8.09. The van der Waals surface area contributed by atoms with Crippen molar-refractivity contribution >= 4 is 5.65 Å². The minimum Gasteiger partial charge on any atom is -0.280 e. The maximum Gasteiger partial charge on any atom is 0.350 e. The van der Waals surface area contributed by atoms with Gasteiger partial charge in [-0.05, 0) is 23.6 Å². The minimum atomic E-state index is -0.348. The zero-order valence-corrected chi connectivity index (χ0v) is 13.1. The molecule has 3 aromatic rings. The quantitative estimate of drug-likeness (QED) is 0.692. The van der Waals surface area contributed by atoms with Crippen LogP contribution < -0.4 is 11.2 Å². The number of aromatic nitrogens is 4. The summed E-state index contributed by atoms with van der Waals surface area (Å²) in [4.78, 5) is 24.7. The first-order valence-corrected chi connectivity index (χ1v) is 7.45. The number of hydrogen-bond acceptors (Lipinski definition) is 3. The highest BCUT2D eigenvalue weighted by Crippen LogP contribution is 2.16. The van der Waals surface area contributed by atoms with Gasteiger partial charge < -0.3 is 0 Å². The van der Waals surface area contributed by atoms with E-state index in [9.17, 15) is 9.59 Å². The van der Waals surface area contributed by atoms with E-state index in [0.29, 0.717) is 5.92 Å². The van der Waals surface area contributed by atoms with E-state index in [4.69, 9.17) is 0 Å². The highest BCUT2D eigenvalue weighted by molar-refractivity contribution is 5.41. The average molecular weight is 310 g/mol. The van der Waals surface area contributed by atoms with Crippen molar-refractivity contribution in [2.45, 2.75) is 26.3 Å². The van der Waals surface area contributed by atoms with Crippen LogP contribution in [-0.2, 0) is 6.54 Å². The van der Waals surface area contributed by atoms with Crippen molar-refractivity contribution in [3.05, 3.63) is 75.7 Å². The highest BCUT2D eigenvalue weighted by atomic mass is 16.2. The smallest absolute Gasteiger partial charge is 0.280 e. The van der Waals surface area contributed by atoms with Crippen molar-refractivity contribution in [2.24, 2.45) is 0 Å². The van der Waals surface area contributed by atoms with E-state index in [2.05, 4.69) is 25.5 Å². The first-order chi connectivity index (χ1) is 11.0. The third-order valence-corrected chi connectivity index (χ3v) is 3.79. The van der Waals surface area contributed by atoms with Gasteiger partial charge in [-0.3, -0.25) is 9.36 Å². The Balaban J connectivity index is 2.15. The van der Waals surface area contributed by atoms with Gasteiger partial charge in [0.25, 0.3) is 0 Å². The van der Waals surface area contributed by atoms with Gasteiger partial charge >= 0.3 is 11.2 Å². The molecule has 0 amide bonds. The van der Waals surface area contributed by atoms with Gasteiger partial charge in [0, 0.05) is 18.1 Å². The Kier molecular flexibility index (Phi) is 3.73. The second-order valence-corrected chi connectivity index (χ2v) is 5.67. The maximum atomic E-state index is 12.6. The Labute approximate surface area is 132 Å². The monoisotopic (exact) mass is 310 g/mol. The fraction of sp³-hybridized carbons (Fsp3) is 0.235. The van der Waals surface area contributed by atoms with Gasteiger partial charge in [-0.25, -0.2) is 13.9 Å². The molecular formula is C17H18N4O2. The summed E-state index contributed by atoms with van der Waals surface area (Å²) < 4.78 is 3.96. The number of rotatable bonds is 4. The van der Waals surface area contributed by atoms with Crippen LogP contribution in [-0.4, -0.2) is 18.7 Å². The largest absolute Gasteiger partial charge is 0.350 e. The van der Waals surface area contributed by atoms with Gasteiger partial charge in [0.2, 0.25) is 5.65 Å². The second kappa shape index (κ2) is 5.72. The van der Waals surface area contributed by atoms with Crippen LogP contribution in [0.2, 0.25) is 0 Å². The Morgan fingerprint density at radius 2 is 1.87 bits per heavy atom. The molecular weight excluding hydrogens is 292 g/mol. The standard InChI is InChI=1S/C17H18N4O2/c1-4-9-21-17(23)20-11-10-19(16(22)15(20)18-21)14-7-5-13(6-8-14)12(2)3/h4-8,10-12H,1,9H2,2-3H3. The Bertz CT molecular complexity index is 974. The van der Waals surface area contributed by atoms with Crippen molar-refractivity contribution in [2.75, 3.05) is 0 Å². The van der Waals surface area contributed by atoms with Gasteiger partial charge in [0.15, 0.2) is 0 Å². The van der Waals surface area contributed by atoms with Crippen LogP contribution in [0.4, 0.5) is 0 Å². The SMILES string of the molecule is C=CCn1nc2c(=O)n(-c3ccc(C(C)C)cc3)ccn2c1=O. The molecule has 0 radical (unpaired) electrons. The zero-order valence-electron chi connectivity index (χ0n) is 13.1. The summed E-state index contributed by atoms with van der Waals surface area (Å²) >= 11 is 0. The van der Waals surface area contributed by atoms with E-state index >= 15 is 0 Å². The molecule has 0 unspecified atom stereocenters. The van der Waals surface area contributed by atoms with Gasteiger partial charge in [-0.2, -0.15) is 0 Å². The molecule has 0 atom stereocenters. The zero-order chi connectivity index (χ0) is 16.6. The van der Waals surface area contributed by atoms with Gasteiger partial charge in [0.1, 0.15) is 0 Å². The van der Waals surface area contributed by atoms with E-state index in [1.807, 2.05) is 24.3 Å². The van der Waals surface area contributed by atoms with Crippen LogP contribution in [0.5, 0.6) is 0 Å². The predicted octanol–water partition coefficient (Wildman–Crippen LogP) is 1.96. The third-order valence-electron chi connectivity index (χ3n) is 3.79. The maximum absolute atomic E-state index is 12.6. The summed E-state index contributed by atoms with van der Waals surface area (Å²) in [5, 5.41) is 4.10. The molecule has 6 nitrogen and oxygen atoms in total. The second-order valence-electron chi connectivity index (χ2n) is 5.67. The first kappa shape index (κ1) is 15.0. The molecule has 1 aromatic carbocycles. The van der Waals surface area contributed by atoms with Crippen molar-refractivity contribution in [3.8, 4) is 5.69 Å². The predicted molar refractivity (Wildman–Crippen MR) is 89.3 cm³/mol. The Hall–Kier alpha value is -2.89.